The van der Waals surface area contributed by atoms with Gasteiger partial charge < -0.3 is 30.4 Å². The number of phenols is 1. The van der Waals surface area contributed by atoms with Crippen molar-refractivity contribution in [1.82, 2.24) is 25.1 Å². The van der Waals surface area contributed by atoms with Crippen molar-refractivity contribution in [2.45, 2.75) is 50.7 Å². The fourth-order valence-electron chi connectivity index (χ4n) is 6.09. The van der Waals surface area contributed by atoms with Crippen LogP contribution in [0.1, 0.15) is 46.0 Å². The van der Waals surface area contributed by atoms with E-state index in [2.05, 4.69) is 37.7 Å². The fraction of sp³-hybridized carbons (Fsp3) is 0.469. The van der Waals surface area contributed by atoms with Crippen LogP contribution in [0.4, 0.5) is 27.6 Å². The summed E-state index contributed by atoms with van der Waals surface area (Å²) in [6.07, 6.45) is -3.34. The first-order chi connectivity index (χ1) is 22.3. The normalized spacial score (nSPS) is 20.8. The SMILES string of the molecule is CNC(=O)c1cc(O)c(NCC#Cc2cc(C(=O)N[C@@H]3[C@@H](C)CN(C4CCOCC4)C[C@@H]3F)c3ncn(CC(F)(F)F)c3c2)cc1F. The van der Waals surface area contributed by atoms with Crippen LogP contribution in [0.25, 0.3) is 11.0 Å². The van der Waals surface area contributed by atoms with Gasteiger partial charge in [0.2, 0.25) is 0 Å². The number of carbonyl (C=O) groups excluding carboxylic acids is 2. The number of hydrogen-bond acceptors (Lipinski definition) is 7. The van der Waals surface area contributed by atoms with E-state index in [0.717, 1.165) is 35.9 Å². The number of piperidine rings is 1. The second-order valence-corrected chi connectivity index (χ2v) is 11.8. The van der Waals surface area contributed by atoms with Crippen LogP contribution in [0.2, 0.25) is 0 Å². The first kappa shape index (κ1) is 33.9. The Morgan fingerprint density at radius 2 is 1.85 bits per heavy atom. The molecule has 0 aliphatic carbocycles. The van der Waals surface area contributed by atoms with E-state index in [4.69, 9.17) is 4.74 Å². The highest BCUT2D eigenvalue weighted by Gasteiger charge is 2.39. The van der Waals surface area contributed by atoms with Gasteiger partial charge in [-0.25, -0.2) is 13.8 Å². The standard InChI is InChI=1S/C32H35F5N6O4/c1-18-14-42(20-5-8-47-9-6-20)15-24(34)28(18)41-31(46)22-10-19(11-26-29(22)40-17-43(26)16-32(35,36)37)4-3-7-39-25-13-23(33)21(12-27(25)44)30(45)38-2/h10-13,17-18,20,24,28,39,44H,5-9,14-16H2,1-2H3,(H,38,45)(H,41,46)/t18-,24-,28+/m0/s1. The molecule has 0 unspecified atom stereocenters. The largest absolute Gasteiger partial charge is 0.506 e. The van der Waals surface area contributed by atoms with Gasteiger partial charge in [-0.3, -0.25) is 14.5 Å². The Morgan fingerprint density at radius 1 is 1.11 bits per heavy atom. The van der Waals surface area contributed by atoms with Crippen molar-refractivity contribution in [1.29, 1.82) is 0 Å². The van der Waals surface area contributed by atoms with Crippen molar-refractivity contribution in [2.24, 2.45) is 5.92 Å². The van der Waals surface area contributed by atoms with Crippen LogP contribution in [0, 0.1) is 23.6 Å². The van der Waals surface area contributed by atoms with Crippen LogP contribution < -0.4 is 16.0 Å². The summed E-state index contributed by atoms with van der Waals surface area (Å²) in [7, 11) is 1.32. The molecule has 3 atom stereocenters. The number of aromatic nitrogens is 2. The minimum Gasteiger partial charge on any atom is -0.506 e. The minimum absolute atomic E-state index is 0.00901. The third-order valence-corrected chi connectivity index (χ3v) is 8.42. The Morgan fingerprint density at radius 3 is 2.53 bits per heavy atom. The average molecular weight is 663 g/mol. The number of imidazole rings is 1. The van der Waals surface area contributed by atoms with E-state index in [0.29, 0.717) is 19.8 Å². The molecule has 2 aromatic carbocycles. The number of rotatable bonds is 7. The second kappa shape index (κ2) is 14.1. The van der Waals surface area contributed by atoms with Gasteiger partial charge in [0.15, 0.2) is 0 Å². The van der Waals surface area contributed by atoms with Gasteiger partial charge in [-0.15, -0.1) is 0 Å². The molecule has 2 amide bonds. The molecule has 0 spiro atoms. The molecule has 0 bridgehead atoms. The number of fused-ring (bicyclic) bond motifs is 1. The van der Waals surface area contributed by atoms with Gasteiger partial charge in [0.05, 0.1) is 41.2 Å². The van der Waals surface area contributed by atoms with E-state index in [1.54, 1.807) is 0 Å². The van der Waals surface area contributed by atoms with Gasteiger partial charge in [0.1, 0.15) is 29.8 Å². The van der Waals surface area contributed by atoms with Gasteiger partial charge in [-0.2, -0.15) is 13.2 Å². The lowest BCUT2D eigenvalue weighted by Gasteiger charge is -2.44. The van der Waals surface area contributed by atoms with E-state index in [1.165, 1.54) is 19.2 Å². The first-order valence-corrected chi connectivity index (χ1v) is 15.1. The molecule has 4 N–H and O–H groups in total. The summed E-state index contributed by atoms with van der Waals surface area (Å²) < 4.78 is 76.2. The highest BCUT2D eigenvalue weighted by molar-refractivity contribution is 6.05. The van der Waals surface area contributed by atoms with Crippen LogP contribution in [-0.4, -0.2) is 95.7 Å². The number of nitrogens with one attached hydrogen (secondary N) is 3. The maximum Gasteiger partial charge on any atom is 0.406 e. The molecule has 1 aromatic heterocycles. The molecule has 2 aliphatic heterocycles. The highest BCUT2D eigenvalue weighted by Crippen LogP contribution is 2.29. The number of likely N-dealkylation sites (tertiary alicyclic amines) is 1. The van der Waals surface area contributed by atoms with Crippen molar-refractivity contribution >= 4 is 28.5 Å². The monoisotopic (exact) mass is 662 g/mol. The van der Waals surface area contributed by atoms with Crippen molar-refractivity contribution in [3.8, 4) is 17.6 Å². The Labute approximate surface area is 267 Å². The second-order valence-electron chi connectivity index (χ2n) is 11.8. The lowest BCUT2D eigenvalue weighted by Crippen LogP contribution is -2.59. The molecular weight excluding hydrogens is 627 g/mol. The third kappa shape index (κ3) is 7.94. The molecule has 5 rings (SSSR count). The van der Waals surface area contributed by atoms with Crippen LogP contribution in [0.3, 0.4) is 0 Å². The summed E-state index contributed by atoms with van der Waals surface area (Å²) in [5.41, 5.74) is -0.254. The van der Waals surface area contributed by atoms with Crippen molar-refractivity contribution in [3.05, 3.63) is 53.1 Å². The number of aromatic hydroxyl groups is 1. The number of hydrogen-bond donors (Lipinski definition) is 4. The number of nitrogens with zero attached hydrogens (tertiary/aromatic N) is 3. The molecular formula is C32H35F5N6O4. The zero-order valence-electron chi connectivity index (χ0n) is 25.8. The van der Waals surface area contributed by atoms with E-state index < -0.39 is 48.3 Å². The summed E-state index contributed by atoms with van der Waals surface area (Å²) in [5, 5.41) is 18.0. The summed E-state index contributed by atoms with van der Waals surface area (Å²) in [4.78, 5) is 31.5. The maximum atomic E-state index is 15.5. The average Bonchev–Trinajstić information content (AvgIpc) is 3.42. The van der Waals surface area contributed by atoms with Gasteiger partial charge in [0.25, 0.3) is 11.8 Å². The van der Waals surface area contributed by atoms with Gasteiger partial charge >= 0.3 is 6.18 Å². The number of anilines is 1. The minimum atomic E-state index is -4.57. The number of ether oxygens (including phenoxy) is 1. The lowest BCUT2D eigenvalue weighted by molar-refractivity contribution is -0.140. The molecule has 2 aliphatic rings. The Hall–Kier alpha value is -4.42. The van der Waals surface area contributed by atoms with Crippen molar-refractivity contribution in [2.75, 3.05) is 45.2 Å². The Bertz CT molecular complexity index is 1680. The topological polar surface area (TPSA) is 121 Å². The fourth-order valence-corrected chi connectivity index (χ4v) is 6.09. The van der Waals surface area contributed by atoms with Crippen LogP contribution >= 0.6 is 0 Å². The number of halogens is 5. The first-order valence-electron chi connectivity index (χ1n) is 15.1. The molecule has 47 heavy (non-hydrogen) atoms. The van der Waals surface area contributed by atoms with Gasteiger partial charge in [-0.1, -0.05) is 18.8 Å². The highest BCUT2D eigenvalue weighted by atomic mass is 19.4. The predicted octanol–water partition coefficient (Wildman–Crippen LogP) is 3.83. The zero-order chi connectivity index (χ0) is 33.9. The molecule has 252 valence electrons. The summed E-state index contributed by atoms with van der Waals surface area (Å²) in [5.74, 6) is 2.57. The number of benzene rings is 2. The Balaban J connectivity index is 1.37. The van der Waals surface area contributed by atoms with E-state index >= 15 is 4.39 Å². The summed E-state index contributed by atoms with van der Waals surface area (Å²) >= 11 is 0. The molecule has 0 saturated carbocycles. The maximum absolute atomic E-state index is 15.5. The zero-order valence-corrected chi connectivity index (χ0v) is 25.8. The smallest absolute Gasteiger partial charge is 0.406 e. The van der Waals surface area contributed by atoms with Crippen LogP contribution in [0.5, 0.6) is 5.75 Å². The van der Waals surface area contributed by atoms with E-state index in [9.17, 15) is 32.3 Å². The number of carbonyl (C=O) groups is 2. The molecule has 15 heteroatoms. The Kier molecular flexibility index (Phi) is 10.2. The third-order valence-electron chi connectivity index (χ3n) is 8.42. The predicted molar refractivity (Wildman–Crippen MR) is 163 cm³/mol. The molecule has 10 nitrogen and oxygen atoms in total. The van der Waals surface area contributed by atoms with Crippen molar-refractivity contribution in [3.63, 3.8) is 0 Å². The molecule has 2 saturated heterocycles. The quantitative estimate of drug-likeness (QED) is 0.173. The van der Waals surface area contributed by atoms with Crippen molar-refractivity contribution < 1.29 is 41.4 Å². The summed E-state index contributed by atoms with van der Waals surface area (Å²) in [6.45, 7) is 2.30. The lowest BCUT2D eigenvalue weighted by atomic mass is 9.89. The van der Waals surface area contributed by atoms with Crippen LogP contribution in [0.15, 0.2) is 30.6 Å². The number of phenolic OH excluding ortho intramolecular Hbond substituents is 1. The van der Waals surface area contributed by atoms with E-state index in [-0.39, 0.29) is 58.5 Å². The molecule has 0 radical (unpaired) electrons. The van der Waals surface area contributed by atoms with Gasteiger partial charge in [0, 0.05) is 51.0 Å². The van der Waals surface area contributed by atoms with Crippen LogP contribution in [-0.2, 0) is 11.3 Å². The number of alkyl halides is 4. The number of amides is 2. The molecule has 2 fully saturated rings. The molecule has 3 heterocycles. The van der Waals surface area contributed by atoms with Gasteiger partial charge in [-0.05, 0) is 37.0 Å². The van der Waals surface area contributed by atoms with E-state index in [1.807, 2.05) is 6.92 Å². The summed E-state index contributed by atoms with van der Waals surface area (Å²) in [6, 6.07) is 4.00. The molecule has 3 aromatic rings.